The number of nitrogens with zero attached hydrogens (tertiary/aromatic N) is 1. The van der Waals surface area contributed by atoms with Crippen LogP contribution in [0.1, 0.15) is 25.8 Å². The Morgan fingerprint density at radius 3 is 2.69 bits per heavy atom. The van der Waals surface area contributed by atoms with Crippen molar-refractivity contribution in [2.24, 2.45) is 11.8 Å². The molecule has 0 amide bonds. The summed E-state index contributed by atoms with van der Waals surface area (Å²) in [5, 5.41) is 9.12. The Labute approximate surface area is 104 Å². The van der Waals surface area contributed by atoms with Gasteiger partial charge in [-0.1, -0.05) is 13.8 Å². The minimum atomic E-state index is -0.728. The number of halogens is 1. The van der Waals surface area contributed by atoms with Crippen LogP contribution in [0.15, 0.2) is 22.9 Å². The van der Waals surface area contributed by atoms with E-state index in [4.69, 9.17) is 5.11 Å². The first kappa shape index (κ1) is 13.2. The highest BCUT2D eigenvalue weighted by Crippen LogP contribution is 2.19. The molecule has 1 aromatic rings. The molecule has 0 saturated carbocycles. The number of hydrogen-bond donors (Lipinski definition) is 1. The van der Waals surface area contributed by atoms with Gasteiger partial charge in [-0.05, 0) is 46.3 Å². The molecule has 0 aromatic carbocycles. The second-order valence-corrected chi connectivity index (χ2v) is 5.30. The van der Waals surface area contributed by atoms with E-state index in [0.29, 0.717) is 18.8 Å². The fourth-order valence-electron chi connectivity index (χ4n) is 1.69. The Kier molecular flexibility index (Phi) is 4.93. The SMILES string of the molecule is CC(C)CC(Cc1cncc(Br)c1)C(=O)O. The van der Waals surface area contributed by atoms with Gasteiger partial charge in [0.05, 0.1) is 5.92 Å². The van der Waals surface area contributed by atoms with E-state index in [9.17, 15) is 4.79 Å². The molecule has 1 rings (SSSR count). The molecule has 1 atom stereocenters. The maximum atomic E-state index is 11.1. The maximum Gasteiger partial charge on any atom is 0.306 e. The van der Waals surface area contributed by atoms with E-state index in [1.165, 1.54) is 0 Å². The summed E-state index contributed by atoms with van der Waals surface area (Å²) in [5.74, 6) is -0.661. The van der Waals surface area contributed by atoms with Crippen LogP contribution >= 0.6 is 15.9 Å². The van der Waals surface area contributed by atoms with Gasteiger partial charge in [-0.2, -0.15) is 0 Å². The summed E-state index contributed by atoms with van der Waals surface area (Å²) in [4.78, 5) is 15.1. The highest BCUT2D eigenvalue weighted by molar-refractivity contribution is 9.10. The summed E-state index contributed by atoms with van der Waals surface area (Å²) in [7, 11) is 0. The summed E-state index contributed by atoms with van der Waals surface area (Å²) in [6.07, 6.45) is 4.66. The maximum absolute atomic E-state index is 11.1. The molecule has 4 heteroatoms. The topological polar surface area (TPSA) is 50.2 Å². The molecule has 0 saturated heterocycles. The minimum Gasteiger partial charge on any atom is -0.481 e. The summed E-state index contributed by atoms with van der Waals surface area (Å²) in [6, 6.07) is 1.92. The van der Waals surface area contributed by atoms with Crippen LogP contribution < -0.4 is 0 Å². The molecule has 0 aliphatic rings. The first-order chi connectivity index (χ1) is 7.49. The van der Waals surface area contributed by atoms with E-state index in [2.05, 4.69) is 20.9 Å². The molecule has 88 valence electrons. The summed E-state index contributed by atoms with van der Waals surface area (Å²) >= 11 is 3.33. The van der Waals surface area contributed by atoms with E-state index in [0.717, 1.165) is 10.0 Å². The first-order valence-corrected chi connectivity index (χ1v) is 6.10. The fraction of sp³-hybridized carbons (Fsp3) is 0.500. The lowest BCUT2D eigenvalue weighted by Crippen LogP contribution is -2.18. The first-order valence-electron chi connectivity index (χ1n) is 5.31. The van der Waals surface area contributed by atoms with Crippen molar-refractivity contribution in [3.05, 3.63) is 28.5 Å². The van der Waals surface area contributed by atoms with Crippen LogP contribution in [0.5, 0.6) is 0 Å². The number of aliphatic carboxylic acids is 1. The molecule has 0 aliphatic carbocycles. The van der Waals surface area contributed by atoms with Gasteiger partial charge in [-0.25, -0.2) is 0 Å². The predicted octanol–water partition coefficient (Wildman–Crippen LogP) is 3.13. The molecular weight excluding hydrogens is 270 g/mol. The van der Waals surface area contributed by atoms with Gasteiger partial charge < -0.3 is 5.11 Å². The molecule has 1 aromatic heterocycles. The molecule has 0 aliphatic heterocycles. The van der Waals surface area contributed by atoms with Crippen LogP contribution in [-0.4, -0.2) is 16.1 Å². The lowest BCUT2D eigenvalue weighted by Gasteiger charge is -2.14. The number of pyridine rings is 1. The van der Waals surface area contributed by atoms with Crippen molar-refractivity contribution in [1.82, 2.24) is 4.98 Å². The van der Waals surface area contributed by atoms with E-state index in [1.807, 2.05) is 19.9 Å². The van der Waals surface area contributed by atoms with Crippen LogP contribution in [0, 0.1) is 11.8 Å². The Balaban J connectivity index is 2.71. The third-order valence-electron chi connectivity index (χ3n) is 2.35. The third-order valence-corrected chi connectivity index (χ3v) is 2.78. The van der Waals surface area contributed by atoms with Crippen LogP contribution in [0.25, 0.3) is 0 Å². The molecule has 1 unspecified atom stereocenters. The van der Waals surface area contributed by atoms with Crippen molar-refractivity contribution in [3.8, 4) is 0 Å². The Bertz CT molecular complexity index is 366. The van der Waals surface area contributed by atoms with Gasteiger partial charge in [-0.3, -0.25) is 9.78 Å². The predicted molar refractivity (Wildman–Crippen MR) is 66.2 cm³/mol. The monoisotopic (exact) mass is 285 g/mol. The second-order valence-electron chi connectivity index (χ2n) is 4.38. The number of aromatic nitrogens is 1. The van der Waals surface area contributed by atoms with Crippen LogP contribution in [0.4, 0.5) is 0 Å². The summed E-state index contributed by atoms with van der Waals surface area (Å²) in [6.45, 7) is 4.07. The molecule has 0 fully saturated rings. The van der Waals surface area contributed by atoms with Crippen molar-refractivity contribution < 1.29 is 9.90 Å². The number of carboxylic acids is 1. The molecule has 3 nitrogen and oxygen atoms in total. The van der Waals surface area contributed by atoms with Crippen LogP contribution in [0.3, 0.4) is 0 Å². The number of hydrogen-bond acceptors (Lipinski definition) is 2. The van der Waals surface area contributed by atoms with Gasteiger partial charge in [0.25, 0.3) is 0 Å². The van der Waals surface area contributed by atoms with Gasteiger partial charge >= 0.3 is 5.97 Å². The van der Waals surface area contributed by atoms with Gasteiger partial charge in [0.15, 0.2) is 0 Å². The Morgan fingerprint density at radius 1 is 1.50 bits per heavy atom. The van der Waals surface area contributed by atoms with Crippen molar-refractivity contribution in [1.29, 1.82) is 0 Å². The largest absolute Gasteiger partial charge is 0.481 e. The lowest BCUT2D eigenvalue weighted by molar-refractivity contribution is -0.142. The molecule has 0 bridgehead atoms. The van der Waals surface area contributed by atoms with Crippen molar-refractivity contribution in [3.63, 3.8) is 0 Å². The van der Waals surface area contributed by atoms with E-state index >= 15 is 0 Å². The fourth-order valence-corrected chi connectivity index (χ4v) is 2.10. The van der Waals surface area contributed by atoms with Crippen molar-refractivity contribution >= 4 is 21.9 Å². The summed E-state index contributed by atoms with van der Waals surface area (Å²) < 4.78 is 0.888. The highest BCUT2D eigenvalue weighted by atomic mass is 79.9. The molecule has 16 heavy (non-hydrogen) atoms. The average molecular weight is 286 g/mol. The van der Waals surface area contributed by atoms with Gasteiger partial charge in [0.2, 0.25) is 0 Å². The zero-order chi connectivity index (χ0) is 12.1. The summed E-state index contributed by atoms with van der Waals surface area (Å²) in [5.41, 5.74) is 0.961. The number of carbonyl (C=O) groups is 1. The van der Waals surface area contributed by atoms with Crippen molar-refractivity contribution in [2.75, 3.05) is 0 Å². The minimum absolute atomic E-state index is 0.323. The van der Waals surface area contributed by atoms with Gasteiger partial charge in [-0.15, -0.1) is 0 Å². The lowest BCUT2D eigenvalue weighted by atomic mass is 9.92. The molecule has 1 heterocycles. The smallest absolute Gasteiger partial charge is 0.306 e. The normalized spacial score (nSPS) is 12.8. The van der Waals surface area contributed by atoms with E-state index < -0.39 is 5.97 Å². The number of rotatable bonds is 5. The van der Waals surface area contributed by atoms with Crippen LogP contribution in [-0.2, 0) is 11.2 Å². The zero-order valence-corrected chi connectivity index (χ0v) is 11.1. The Hall–Kier alpha value is -0.900. The van der Waals surface area contributed by atoms with Gasteiger partial charge in [0.1, 0.15) is 0 Å². The zero-order valence-electron chi connectivity index (χ0n) is 9.48. The molecular formula is C12H16BrNO2. The molecule has 0 radical (unpaired) electrons. The van der Waals surface area contributed by atoms with E-state index in [-0.39, 0.29) is 5.92 Å². The molecule has 1 N–H and O–H groups in total. The van der Waals surface area contributed by atoms with Crippen molar-refractivity contribution in [2.45, 2.75) is 26.7 Å². The third kappa shape index (κ3) is 4.31. The second kappa shape index (κ2) is 5.99. The van der Waals surface area contributed by atoms with E-state index in [1.54, 1.807) is 12.4 Å². The number of carboxylic acid groups (broad SMARTS) is 1. The van der Waals surface area contributed by atoms with Crippen LogP contribution in [0.2, 0.25) is 0 Å². The molecule has 0 spiro atoms. The standard InChI is InChI=1S/C12H16BrNO2/c1-8(2)3-10(12(15)16)4-9-5-11(13)7-14-6-9/h5-8,10H,3-4H2,1-2H3,(H,15,16). The van der Waals surface area contributed by atoms with Gasteiger partial charge in [0, 0.05) is 16.9 Å². The highest BCUT2D eigenvalue weighted by Gasteiger charge is 2.19. The Morgan fingerprint density at radius 2 is 2.19 bits per heavy atom. The quantitative estimate of drug-likeness (QED) is 0.904. The average Bonchev–Trinajstić information content (AvgIpc) is 2.15.